The zero-order valence-electron chi connectivity index (χ0n) is 11.2. The van der Waals surface area contributed by atoms with E-state index < -0.39 is 0 Å². The van der Waals surface area contributed by atoms with Crippen molar-refractivity contribution < 1.29 is 9.57 Å². The SMILES string of the molecule is COCCNC1=CC(=CCCON)c2ccccc21. The van der Waals surface area contributed by atoms with Gasteiger partial charge in [-0.25, -0.2) is 5.90 Å². The summed E-state index contributed by atoms with van der Waals surface area (Å²) in [5.74, 6) is 5.05. The van der Waals surface area contributed by atoms with Crippen LogP contribution in [0.25, 0.3) is 11.3 Å². The summed E-state index contributed by atoms with van der Waals surface area (Å²) in [5, 5.41) is 3.40. The van der Waals surface area contributed by atoms with Crippen LogP contribution in [0.3, 0.4) is 0 Å². The molecule has 0 bridgehead atoms. The summed E-state index contributed by atoms with van der Waals surface area (Å²) in [6.07, 6.45) is 5.12. The van der Waals surface area contributed by atoms with Gasteiger partial charge >= 0.3 is 0 Å². The largest absolute Gasteiger partial charge is 0.383 e. The van der Waals surface area contributed by atoms with Gasteiger partial charge in [0.1, 0.15) is 0 Å². The molecular weight excluding hydrogens is 240 g/mol. The minimum Gasteiger partial charge on any atom is -0.383 e. The number of allylic oxidation sites excluding steroid dienone is 2. The molecule has 0 unspecified atom stereocenters. The summed E-state index contributed by atoms with van der Waals surface area (Å²) in [4.78, 5) is 4.60. The minimum absolute atomic E-state index is 0.534. The average Bonchev–Trinajstić information content (AvgIpc) is 2.79. The molecule has 0 heterocycles. The monoisotopic (exact) mass is 260 g/mol. The number of hydrogen-bond acceptors (Lipinski definition) is 4. The van der Waals surface area contributed by atoms with Gasteiger partial charge < -0.3 is 14.9 Å². The van der Waals surface area contributed by atoms with Gasteiger partial charge in [0.2, 0.25) is 0 Å². The first-order valence-electron chi connectivity index (χ1n) is 6.43. The Hall–Kier alpha value is -1.62. The van der Waals surface area contributed by atoms with Gasteiger partial charge in [-0.05, 0) is 23.6 Å². The Morgan fingerprint density at radius 1 is 1.21 bits per heavy atom. The van der Waals surface area contributed by atoms with Crippen molar-refractivity contribution in [3.63, 3.8) is 0 Å². The van der Waals surface area contributed by atoms with E-state index in [2.05, 4.69) is 46.6 Å². The fraction of sp³-hybridized carbons (Fsp3) is 0.333. The molecule has 0 saturated carbocycles. The number of ether oxygens (including phenoxy) is 1. The number of benzene rings is 1. The van der Waals surface area contributed by atoms with Gasteiger partial charge in [-0.15, -0.1) is 0 Å². The molecule has 0 saturated heterocycles. The van der Waals surface area contributed by atoms with E-state index in [1.807, 2.05) is 0 Å². The number of hydrogen-bond donors (Lipinski definition) is 2. The molecular formula is C15H20N2O2. The van der Waals surface area contributed by atoms with Crippen molar-refractivity contribution in [3.8, 4) is 0 Å². The molecule has 2 rings (SSSR count). The lowest BCUT2D eigenvalue weighted by Crippen LogP contribution is -2.16. The highest BCUT2D eigenvalue weighted by Gasteiger charge is 2.16. The van der Waals surface area contributed by atoms with Crippen LogP contribution in [-0.4, -0.2) is 26.9 Å². The van der Waals surface area contributed by atoms with Crippen LogP contribution in [-0.2, 0) is 9.57 Å². The van der Waals surface area contributed by atoms with Crippen molar-refractivity contribution in [2.24, 2.45) is 5.90 Å². The first-order chi connectivity index (χ1) is 9.36. The second-order valence-corrected chi connectivity index (χ2v) is 4.34. The van der Waals surface area contributed by atoms with Crippen LogP contribution < -0.4 is 11.2 Å². The van der Waals surface area contributed by atoms with Crippen molar-refractivity contribution in [1.29, 1.82) is 0 Å². The molecule has 0 atom stereocenters. The lowest BCUT2D eigenvalue weighted by atomic mass is 10.1. The lowest BCUT2D eigenvalue weighted by molar-refractivity contribution is 0.143. The van der Waals surface area contributed by atoms with Gasteiger partial charge in [0, 0.05) is 24.9 Å². The third-order valence-electron chi connectivity index (χ3n) is 3.05. The zero-order valence-corrected chi connectivity index (χ0v) is 11.2. The first-order valence-corrected chi connectivity index (χ1v) is 6.43. The Balaban J connectivity index is 2.14. The van der Waals surface area contributed by atoms with Crippen molar-refractivity contribution in [2.75, 3.05) is 26.9 Å². The van der Waals surface area contributed by atoms with Crippen molar-refractivity contribution >= 4 is 11.3 Å². The van der Waals surface area contributed by atoms with E-state index in [4.69, 9.17) is 10.6 Å². The molecule has 1 aliphatic carbocycles. The van der Waals surface area contributed by atoms with Crippen LogP contribution in [0, 0.1) is 0 Å². The molecule has 0 spiro atoms. The van der Waals surface area contributed by atoms with Crippen LogP contribution >= 0.6 is 0 Å². The third kappa shape index (κ3) is 3.44. The maximum atomic E-state index is 5.06. The molecule has 4 nitrogen and oxygen atoms in total. The van der Waals surface area contributed by atoms with Crippen LogP contribution in [0.4, 0.5) is 0 Å². The van der Waals surface area contributed by atoms with E-state index in [1.54, 1.807) is 7.11 Å². The second kappa shape index (κ2) is 7.09. The highest BCUT2D eigenvalue weighted by molar-refractivity contribution is 5.94. The number of methoxy groups -OCH3 is 1. The van der Waals surface area contributed by atoms with Gasteiger partial charge in [0.25, 0.3) is 0 Å². The van der Waals surface area contributed by atoms with Gasteiger partial charge in [0.15, 0.2) is 0 Å². The molecule has 1 aliphatic rings. The van der Waals surface area contributed by atoms with Gasteiger partial charge in [0.05, 0.1) is 13.2 Å². The molecule has 0 amide bonds. The fourth-order valence-corrected chi connectivity index (χ4v) is 2.17. The van der Waals surface area contributed by atoms with E-state index in [0.717, 1.165) is 18.7 Å². The quantitative estimate of drug-likeness (QED) is 0.581. The lowest BCUT2D eigenvalue weighted by Gasteiger charge is -2.08. The Kier molecular flexibility index (Phi) is 5.15. The molecule has 0 radical (unpaired) electrons. The van der Waals surface area contributed by atoms with Crippen LogP contribution in [0.2, 0.25) is 0 Å². The summed E-state index contributed by atoms with van der Waals surface area (Å²) in [6, 6.07) is 8.36. The molecule has 3 N–H and O–H groups in total. The summed E-state index contributed by atoms with van der Waals surface area (Å²) >= 11 is 0. The normalized spacial score (nSPS) is 15.5. The van der Waals surface area contributed by atoms with Crippen LogP contribution in [0.15, 0.2) is 36.4 Å². The average molecular weight is 260 g/mol. The van der Waals surface area contributed by atoms with E-state index >= 15 is 0 Å². The molecule has 19 heavy (non-hydrogen) atoms. The molecule has 102 valence electrons. The molecule has 1 aromatic rings. The number of rotatable bonds is 7. The Morgan fingerprint density at radius 3 is 2.74 bits per heavy atom. The second-order valence-electron chi connectivity index (χ2n) is 4.34. The van der Waals surface area contributed by atoms with Crippen molar-refractivity contribution in [3.05, 3.63) is 47.5 Å². The standard InChI is InChI=1S/C15H20N2O2/c1-18-10-8-17-15-11-12(5-4-9-19-16)13-6-2-3-7-14(13)15/h2-3,5-7,11,17H,4,8-10,16H2,1H3. The Bertz CT molecular complexity index is 481. The fourth-order valence-electron chi connectivity index (χ4n) is 2.17. The number of nitrogens with one attached hydrogen (secondary N) is 1. The third-order valence-corrected chi connectivity index (χ3v) is 3.05. The predicted molar refractivity (Wildman–Crippen MR) is 77.0 cm³/mol. The van der Waals surface area contributed by atoms with E-state index in [9.17, 15) is 0 Å². The van der Waals surface area contributed by atoms with Gasteiger partial charge in [-0.2, -0.15) is 0 Å². The molecule has 0 fully saturated rings. The van der Waals surface area contributed by atoms with Crippen LogP contribution in [0.1, 0.15) is 17.5 Å². The number of fused-ring (bicyclic) bond motifs is 1. The molecule has 0 aliphatic heterocycles. The van der Waals surface area contributed by atoms with Crippen molar-refractivity contribution in [2.45, 2.75) is 6.42 Å². The van der Waals surface area contributed by atoms with E-state index in [-0.39, 0.29) is 0 Å². The smallest absolute Gasteiger partial charge is 0.0714 e. The van der Waals surface area contributed by atoms with Crippen LogP contribution in [0.5, 0.6) is 0 Å². The molecule has 1 aromatic carbocycles. The summed E-state index contributed by atoms with van der Waals surface area (Å²) in [7, 11) is 1.71. The zero-order chi connectivity index (χ0) is 13.5. The summed E-state index contributed by atoms with van der Waals surface area (Å²) < 4.78 is 5.06. The highest BCUT2D eigenvalue weighted by Crippen LogP contribution is 2.33. The van der Waals surface area contributed by atoms with E-state index in [0.29, 0.717) is 13.2 Å². The molecule has 4 heteroatoms. The maximum Gasteiger partial charge on any atom is 0.0714 e. The molecule has 0 aromatic heterocycles. The topological polar surface area (TPSA) is 56.5 Å². The Labute approximate surface area is 113 Å². The maximum absolute atomic E-state index is 5.06. The predicted octanol–water partition coefficient (Wildman–Crippen LogP) is 1.94. The van der Waals surface area contributed by atoms with Gasteiger partial charge in [-0.1, -0.05) is 30.3 Å². The Morgan fingerprint density at radius 2 is 2.00 bits per heavy atom. The summed E-state index contributed by atoms with van der Waals surface area (Å²) in [6.45, 7) is 2.03. The summed E-state index contributed by atoms with van der Waals surface area (Å²) in [5.41, 5.74) is 4.85. The minimum atomic E-state index is 0.534. The number of nitrogens with two attached hydrogens (primary N) is 1. The van der Waals surface area contributed by atoms with E-state index in [1.165, 1.54) is 16.7 Å². The van der Waals surface area contributed by atoms with Gasteiger partial charge in [-0.3, -0.25) is 0 Å². The van der Waals surface area contributed by atoms with Crippen molar-refractivity contribution in [1.82, 2.24) is 5.32 Å². The highest BCUT2D eigenvalue weighted by atomic mass is 16.6. The first kappa shape index (κ1) is 13.8.